The zero-order chi connectivity index (χ0) is 26.7. The average molecular weight is 500 g/mol. The van der Waals surface area contributed by atoms with Gasteiger partial charge in [0.05, 0.1) is 6.10 Å². The summed E-state index contributed by atoms with van der Waals surface area (Å²) in [6.07, 6.45) is 3.78. The SMILES string of the molecule is CC.CC(C)(C)c1ccc(C(=O)CCCN2CCC(OC(c3ccccc3)c3ccccc3)CC2)cc1. The molecule has 0 unspecified atom stereocenters. The minimum Gasteiger partial charge on any atom is -0.365 e. The molecule has 0 radical (unpaired) electrons. The minimum atomic E-state index is -0.0313. The van der Waals surface area contributed by atoms with E-state index in [1.807, 2.05) is 26.0 Å². The lowest BCUT2D eigenvalue weighted by atomic mass is 9.86. The van der Waals surface area contributed by atoms with Crippen LogP contribution in [0.4, 0.5) is 0 Å². The molecule has 3 aromatic rings. The van der Waals surface area contributed by atoms with Crippen molar-refractivity contribution in [2.45, 2.75) is 77.9 Å². The zero-order valence-electron chi connectivity index (χ0n) is 23.5. The van der Waals surface area contributed by atoms with Gasteiger partial charge in [0.15, 0.2) is 5.78 Å². The molecule has 4 rings (SSSR count). The topological polar surface area (TPSA) is 29.5 Å². The van der Waals surface area contributed by atoms with Gasteiger partial charge in [0, 0.05) is 25.1 Å². The van der Waals surface area contributed by atoms with Crippen LogP contribution in [-0.2, 0) is 10.2 Å². The summed E-state index contributed by atoms with van der Waals surface area (Å²) < 4.78 is 6.67. The van der Waals surface area contributed by atoms with Crippen molar-refractivity contribution in [2.75, 3.05) is 19.6 Å². The molecule has 3 aromatic carbocycles. The summed E-state index contributed by atoms with van der Waals surface area (Å²) in [5.41, 5.74) is 4.61. The number of ketones is 1. The van der Waals surface area contributed by atoms with Crippen LogP contribution < -0.4 is 0 Å². The third kappa shape index (κ3) is 8.66. The third-order valence-corrected chi connectivity index (χ3v) is 7.02. The van der Waals surface area contributed by atoms with Crippen LogP contribution in [0.15, 0.2) is 84.9 Å². The summed E-state index contributed by atoms with van der Waals surface area (Å²) >= 11 is 0. The van der Waals surface area contributed by atoms with Gasteiger partial charge in [0.25, 0.3) is 0 Å². The van der Waals surface area contributed by atoms with Crippen molar-refractivity contribution < 1.29 is 9.53 Å². The van der Waals surface area contributed by atoms with Gasteiger partial charge in [-0.25, -0.2) is 0 Å². The first-order valence-electron chi connectivity index (χ1n) is 14.0. The molecule has 1 aliphatic heterocycles. The summed E-state index contributed by atoms with van der Waals surface area (Å²) in [7, 11) is 0. The molecule has 1 saturated heterocycles. The lowest BCUT2D eigenvalue weighted by molar-refractivity contribution is -0.0270. The number of piperidine rings is 1. The summed E-state index contributed by atoms with van der Waals surface area (Å²) in [5.74, 6) is 0.247. The van der Waals surface area contributed by atoms with Crippen LogP contribution >= 0.6 is 0 Å². The summed E-state index contributed by atoms with van der Waals surface area (Å²) in [6.45, 7) is 13.6. The molecule has 0 aliphatic carbocycles. The molecule has 1 heterocycles. The molecule has 0 saturated carbocycles. The maximum Gasteiger partial charge on any atom is 0.162 e. The Bertz CT molecular complexity index is 1010. The van der Waals surface area contributed by atoms with Crippen LogP contribution in [0.3, 0.4) is 0 Å². The first-order valence-corrected chi connectivity index (χ1v) is 14.0. The first-order chi connectivity index (χ1) is 17.9. The second kappa shape index (κ2) is 14.3. The predicted molar refractivity (Wildman–Crippen MR) is 155 cm³/mol. The van der Waals surface area contributed by atoms with E-state index >= 15 is 0 Å². The average Bonchev–Trinajstić information content (AvgIpc) is 2.94. The predicted octanol–water partition coefficient (Wildman–Crippen LogP) is 8.24. The van der Waals surface area contributed by atoms with E-state index in [1.165, 1.54) is 16.7 Å². The molecule has 1 aliphatic rings. The van der Waals surface area contributed by atoms with Gasteiger partial charge in [-0.2, -0.15) is 0 Å². The van der Waals surface area contributed by atoms with Crippen LogP contribution in [0, 0.1) is 0 Å². The Morgan fingerprint density at radius 1 is 0.838 bits per heavy atom. The van der Waals surface area contributed by atoms with E-state index in [-0.39, 0.29) is 23.4 Å². The fraction of sp³-hybridized carbons (Fsp3) is 0.441. The standard InChI is InChI=1S/C32H39NO2.C2H6/c1-32(2,3)28-18-16-25(17-19-28)30(34)15-10-22-33-23-20-29(21-24-33)35-31(26-11-6-4-7-12-26)27-13-8-5-9-14-27;1-2/h4-9,11-14,16-19,29,31H,10,15,20-24H2,1-3H3;1-2H3. The van der Waals surface area contributed by atoms with E-state index in [2.05, 4.69) is 98.5 Å². The highest BCUT2D eigenvalue weighted by atomic mass is 16.5. The molecule has 1 fully saturated rings. The Morgan fingerprint density at radius 3 is 1.84 bits per heavy atom. The van der Waals surface area contributed by atoms with Crippen LogP contribution in [-0.4, -0.2) is 36.4 Å². The lowest BCUT2D eigenvalue weighted by Gasteiger charge is -2.34. The quantitative estimate of drug-likeness (QED) is 0.278. The molecule has 0 aromatic heterocycles. The number of likely N-dealkylation sites (tertiary alicyclic amines) is 1. The third-order valence-electron chi connectivity index (χ3n) is 7.02. The van der Waals surface area contributed by atoms with Gasteiger partial charge in [-0.05, 0) is 47.9 Å². The number of hydrogen-bond donors (Lipinski definition) is 0. The minimum absolute atomic E-state index is 0.0313. The number of ether oxygens (including phenoxy) is 1. The number of carbonyl (C=O) groups excluding carboxylic acids is 1. The molecular weight excluding hydrogens is 454 g/mol. The number of Topliss-reactive ketones (excluding diaryl/α,β-unsaturated/α-hetero) is 1. The normalized spacial score (nSPS) is 14.8. The van der Waals surface area contributed by atoms with E-state index < -0.39 is 0 Å². The number of benzene rings is 3. The number of hydrogen-bond acceptors (Lipinski definition) is 3. The van der Waals surface area contributed by atoms with Crippen molar-refractivity contribution in [3.8, 4) is 0 Å². The zero-order valence-corrected chi connectivity index (χ0v) is 23.5. The van der Waals surface area contributed by atoms with Gasteiger partial charge in [-0.3, -0.25) is 4.79 Å². The monoisotopic (exact) mass is 499 g/mol. The van der Waals surface area contributed by atoms with E-state index in [4.69, 9.17) is 4.74 Å². The van der Waals surface area contributed by atoms with Gasteiger partial charge in [-0.1, -0.05) is 120 Å². The highest BCUT2D eigenvalue weighted by molar-refractivity contribution is 5.96. The van der Waals surface area contributed by atoms with E-state index in [9.17, 15) is 4.79 Å². The molecule has 0 atom stereocenters. The molecule has 37 heavy (non-hydrogen) atoms. The molecule has 3 heteroatoms. The Labute approximate surface area is 224 Å². The van der Waals surface area contributed by atoms with E-state index in [0.717, 1.165) is 44.5 Å². The summed E-state index contributed by atoms with van der Waals surface area (Å²) in [5, 5.41) is 0. The lowest BCUT2D eigenvalue weighted by Crippen LogP contribution is -2.38. The number of carbonyl (C=O) groups is 1. The largest absolute Gasteiger partial charge is 0.365 e. The molecule has 0 spiro atoms. The fourth-order valence-corrected chi connectivity index (χ4v) is 4.83. The maximum atomic E-state index is 12.7. The molecule has 0 N–H and O–H groups in total. The molecule has 3 nitrogen and oxygen atoms in total. The Morgan fingerprint density at radius 2 is 1.35 bits per heavy atom. The Hall–Kier alpha value is -2.75. The van der Waals surface area contributed by atoms with Crippen LogP contribution in [0.5, 0.6) is 0 Å². The highest BCUT2D eigenvalue weighted by Crippen LogP contribution is 2.30. The van der Waals surface area contributed by atoms with E-state index in [1.54, 1.807) is 0 Å². The second-order valence-electron chi connectivity index (χ2n) is 10.7. The van der Waals surface area contributed by atoms with Gasteiger partial charge in [0.1, 0.15) is 6.10 Å². The van der Waals surface area contributed by atoms with Crippen molar-refractivity contribution in [3.63, 3.8) is 0 Å². The maximum absolute atomic E-state index is 12.7. The van der Waals surface area contributed by atoms with Gasteiger partial charge < -0.3 is 9.64 Å². The fourth-order valence-electron chi connectivity index (χ4n) is 4.83. The van der Waals surface area contributed by atoms with Gasteiger partial charge in [-0.15, -0.1) is 0 Å². The smallest absolute Gasteiger partial charge is 0.162 e. The highest BCUT2D eigenvalue weighted by Gasteiger charge is 2.24. The van der Waals surface area contributed by atoms with Gasteiger partial charge in [0.2, 0.25) is 0 Å². The van der Waals surface area contributed by atoms with Crippen LogP contribution in [0.1, 0.15) is 93.5 Å². The molecule has 0 bridgehead atoms. The van der Waals surface area contributed by atoms with Crippen LogP contribution in [0.2, 0.25) is 0 Å². The van der Waals surface area contributed by atoms with Crippen LogP contribution in [0.25, 0.3) is 0 Å². The number of rotatable bonds is 9. The molecule has 0 amide bonds. The van der Waals surface area contributed by atoms with Crippen molar-refractivity contribution >= 4 is 5.78 Å². The number of nitrogens with zero attached hydrogens (tertiary/aromatic N) is 1. The first kappa shape index (κ1) is 28.8. The van der Waals surface area contributed by atoms with Crippen molar-refractivity contribution in [1.82, 2.24) is 4.90 Å². The second-order valence-corrected chi connectivity index (χ2v) is 10.7. The van der Waals surface area contributed by atoms with Crippen molar-refractivity contribution in [3.05, 3.63) is 107 Å². The van der Waals surface area contributed by atoms with Gasteiger partial charge >= 0.3 is 0 Å². The summed E-state index contributed by atoms with van der Waals surface area (Å²) in [6, 6.07) is 29.2. The Kier molecular flexibility index (Phi) is 11.1. The molecule has 198 valence electrons. The van der Waals surface area contributed by atoms with E-state index in [0.29, 0.717) is 6.42 Å². The molecular formula is C34H45NO2. The summed E-state index contributed by atoms with van der Waals surface area (Å²) in [4.78, 5) is 15.1. The van der Waals surface area contributed by atoms with Crippen molar-refractivity contribution in [1.29, 1.82) is 0 Å². The van der Waals surface area contributed by atoms with Crippen molar-refractivity contribution in [2.24, 2.45) is 0 Å². The Balaban J connectivity index is 0.00000186.